The highest BCUT2D eigenvalue weighted by Crippen LogP contribution is 2.54. The SMILES string of the molecule is Cc1cccc(C)c1N1Cc2cnc(Nc3ccc(N4CCN(C)CC4)cc3)nc2N(C23CCC(CC2)C3)C1=O. The highest BCUT2D eigenvalue weighted by atomic mass is 16.2. The summed E-state index contributed by atoms with van der Waals surface area (Å²) >= 11 is 0. The van der Waals surface area contributed by atoms with Crippen molar-refractivity contribution in [3.05, 3.63) is 65.4 Å². The van der Waals surface area contributed by atoms with Crippen LogP contribution in [-0.2, 0) is 6.54 Å². The first kappa shape index (κ1) is 25.3. The molecule has 8 heteroatoms. The van der Waals surface area contributed by atoms with Gasteiger partial charge < -0.3 is 15.1 Å². The molecule has 2 aliphatic carbocycles. The van der Waals surface area contributed by atoms with Gasteiger partial charge in [-0.25, -0.2) is 9.78 Å². The Labute approximate surface area is 237 Å². The van der Waals surface area contributed by atoms with Gasteiger partial charge in [-0.1, -0.05) is 18.2 Å². The van der Waals surface area contributed by atoms with E-state index < -0.39 is 0 Å². The van der Waals surface area contributed by atoms with Gasteiger partial charge in [0.2, 0.25) is 5.95 Å². The molecule has 8 nitrogen and oxygen atoms in total. The molecule has 0 spiro atoms. The molecule has 3 aromatic rings. The van der Waals surface area contributed by atoms with Crippen LogP contribution in [0.2, 0.25) is 0 Å². The van der Waals surface area contributed by atoms with E-state index in [0.717, 1.165) is 79.3 Å². The predicted octanol–water partition coefficient (Wildman–Crippen LogP) is 5.87. The number of nitrogens with one attached hydrogen (secondary N) is 1. The van der Waals surface area contributed by atoms with E-state index in [1.807, 2.05) is 11.1 Å². The first-order valence-corrected chi connectivity index (χ1v) is 14.7. The number of aryl methyl sites for hydroxylation is 2. The fourth-order valence-electron chi connectivity index (χ4n) is 7.47. The molecule has 208 valence electrons. The van der Waals surface area contributed by atoms with Gasteiger partial charge in [-0.2, -0.15) is 4.98 Å². The van der Waals surface area contributed by atoms with Crippen LogP contribution in [0.5, 0.6) is 0 Å². The zero-order valence-electron chi connectivity index (χ0n) is 23.9. The summed E-state index contributed by atoms with van der Waals surface area (Å²) in [6, 6.07) is 14.8. The Kier molecular flexibility index (Phi) is 6.18. The Morgan fingerprint density at radius 2 is 1.65 bits per heavy atom. The number of benzene rings is 2. The molecule has 40 heavy (non-hydrogen) atoms. The van der Waals surface area contributed by atoms with E-state index >= 15 is 0 Å². The Hall–Kier alpha value is -3.65. The van der Waals surface area contributed by atoms with Crippen molar-refractivity contribution in [1.82, 2.24) is 14.9 Å². The first-order chi connectivity index (χ1) is 19.4. The normalized spacial score (nSPS) is 24.5. The average molecular weight is 538 g/mol. The van der Waals surface area contributed by atoms with E-state index in [1.54, 1.807) is 0 Å². The molecule has 0 unspecified atom stereocenters. The number of nitrogens with zero attached hydrogens (tertiary/aromatic N) is 6. The van der Waals surface area contributed by atoms with Crippen LogP contribution in [0.1, 0.15) is 48.8 Å². The zero-order chi connectivity index (χ0) is 27.4. The van der Waals surface area contributed by atoms with Crippen molar-refractivity contribution >= 4 is 34.9 Å². The van der Waals surface area contributed by atoms with Crippen LogP contribution in [-0.4, -0.2) is 59.7 Å². The minimum absolute atomic E-state index is 0.0497. The highest BCUT2D eigenvalue weighted by Gasteiger charge is 2.54. The number of likely N-dealkylation sites (N-methyl/N-ethyl adjacent to an activating group) is 1. The second-order valence-electron chi connectivity index (χ2n) is 12.3. The van der Waals surface area contributed by atoms with Gasteiger partial charge >= 0.3 is 6.03 Å². The van der Waals surface area contributed by atoms with Crippen LogP contribution in [0.4, 0.5) is 33.6 Å². The van der Waals surface area contributed by atoms with Gasteiger partial charge in [0.1, 0.15) is 5.82 Å². The summed E-state index contributed by atoms with van der Waals surface area (Å²) in [4.78, 5) is 33.0. The molecule has 1 N–H and O–H groups in total. The Morgan fingerprint density at radius 3 is 2.30 bits per heavy atom. The molecule has 1 aromatic heterocycles. The molecule has 7 rings (SSSR count). The van der Waals surface area contributed by atoms with E-state index in [1.165, 1.54) is 18.5 Å². The summed E-state index contributed by atoms with van der Waals surface area (Å²) in [7, 11) is 2.18. The number of rotatable bonds is 5. The number of anilines is 5. The molecule has 2 aromatic carbocycles. The lowest BCUT2D eigenvalue weighted by atomic mass is 9.90. The lowest BCUT2D eigenvalue weighted by Gasteiger charge is -2.46. The molecule has 3 heterocycles. The van der Waals surface area contributed by atoms with Crippen molar-refractivity contribution in [2.24, 2.45) is 5.92 Å². The second kappa shape index (κ2) is 9.77. The molecule has 3 fully saturated rings. The first-order valence-electron chi connectivity index (χ1n) is 14.7. The summed E-state index contributed by atoms with van der Waals surface area (Å²) in [5.41, 5.74) is 6.28. The minimum atomic E-state index is -0.151. The summed E-state index contributed by atoms with van der Waals surface area (Å²) in [6.45, 7) is 8.92. The number of hydrogen-bond acceptors (Lipinski definition) is 6. The van der Waals surface area contributed by atoms with Crippen LogP contribution in [0.3, 0.4) is 0 Å². The molecule has 2 saturated carbocycles. The molecule has 1 saturated heterocycles. The van der Waals surface area contributed by atoms with E-state index in [9.17, 15) is 4.79 Å². The maximum absolute atomic E-state index is 14.4. The molecule has 0 radical (unpaired) electrons. The monoisotopic (exact) mass is 537 g/mol. The molecule has 2 bridgehead atoms. The van der Waals surface area contributed by atoms with Crippen molar-refractivity contribution < 1.29 is 4.79 Å². The number of carbonyl (C=O) groups is 1. The highest BCUT2D eigenvalue weighted by molar-refractivity contribution is 6.07. The largest absolute Gasteiger partial charge is 0.369 e. The van der Waals surface area contributed by atoms with Gasteiger partial charge in [-0.3, -0.25) is 9.80 Å². The van der Waals surface area contributed by atoms with Crippen molar-refractivity contribution in [2.45, 2.75) is 58.0 Å². The third kappa shape index (κ3) is 4.29. The maximum atomic E-state index is 14.4. The van der Waals surface area contributed by atoms with E-state index in [2.05, 4.69) is 83.4 Å². The molecular weight excluding hydrogens is 498 g/mol. The number of aromatic nitrogens is 2. The molecule has 0 atom stereocenters. The number of carbonyl (C=O) groups excluding carboxylic acids is 1. The van der Waals surface area contributed by atoms with Gasteiger partial charge in [-0.15, -0.1) is 0 Å². The van der Waals surface area contributed by atoms with E-state index in [-0.39, 0.29) is 11.6 Å². The van der Waals surface area contributed by atoms with Crippen LogP contribution < -0.4 is 20.0 Å². The summed E-state index contributed by atoms with van der Waals surface area (Å²) < 4.78 is 0. The number of para-hydroxylation sites is 1. The smallest absolute Gasteiger partial charge is 0.331 e. The fourth-order valence-corrected chi connectivity index (χ4v) is 7.47. The average Bonchev–Trinajstić information content (AvgIpc) is 3.56. The van der Waals surface area contributed by atoms with Crippen LogP contribution in [0.15, 0.2) is 48.7 Å². The van der Waals surface area contributed by atoms with Gasteiger partial charge in [0.25, 0.3) is 0 Å². The molecule has 2 aliphatic heterocycles. The second-order valence-corrected chi connectivity index (χ2v) is 12.3. The van der Waals surface area contributed by atoms with Gasteiger partial charge in [-0.05, 0) is 94.3 Å². The number of amides is 2. The number of urea groups is 1. The Balaban J connectivity index is 1.20. The Bertz CT molecular complexity index is 1400. The van der Waals surface area contributed by atoms with Crippen LogP contribution in [0.25, 0.3) is 0 Å². The van der Waals surface area contributed by atoms with Gasteiger partial charge in [0, 0.05) is 49.3 Å². The quantitative estimate of drug-likeness (QED) is 0.439. The third-order valence-electron chi connectivity index (χ3n) is 9.68. The van der Waals surface area contributed by atoms with E-state index in [0.29, 0.717) is 18.4 Å². The lowest BCUT2D eigenvalue weighted by molar-refractivity contribution is 0.239. The van der Waals surface area contributed by atoms with Crippen molar-refractivity contribution in [1.29, 1.82) is 0 Å². The molecule has 2 amide bonds. The standard InChI is InChI=1S/C32H39N7O/c1-22-5-4-6-23(2)28(22)38-21-25-20-33-30(34-26-7-9-27(10-8-26)37-17-15-36(3)16-18-37)35-29(25)39(31(38)40)32-13-11-24(19-32)12-14-32/h4-10,20,24H,11-19,21H2,1-3H3,(H,33,34,35). The third-order valence-corrected chi connectivity index (χ3v) is 9.68. The maximum Gasteiger partial charge on any atom is 0.331 e. The van der Waals surface area contributed by atoms with Crippen molar-refractivity contribution in [3.63, 3.8) is 0 Å². The summed E-state index contributed by atoms with van der Waals surface area (Å²) in [5.74, 6) is 2.03. The number of piperazine rings is 1. The number of hydrogen-bond donors (Lipinski definition) is 1. The van der Waals surface area contributed by atoms with Crippen molar-refractivity contribution in [2.75, 3.05) is 53.2 Å². The van der Waals surface area contributed by atoms with Gasteiger partial charge in [0.15, 0.2) is 0 Å². The van der Waals surface area contributed by atoms with E-state index in [4.69, 9.17) is 9.97 Å². The Morgan fingerprint density at radius 1 is 0.950 bits per heavy atom. The molecule has 4 aliphatic rings. The molecular formula is C32H39N7O. The summed E-state index contributed by atoms with van der Waals surface area (Å²) in [5, 5.41) is 3.42. The zero-order valence-corrected chi connectivity index (χ0v) is 23.9. The van der Waals surface area contributed by atoms with Crippen LogP contribution in [0, 0.1) is 19.8 Å². The fraction of sp³-hybridized carbons (Fsp3) is 0.469. The van der Waals surface area contributed by atoms with Crippen molar-refractivity contribution in [3.8, 4) is 0 Å². The topological polar surface area (TPSA) is 67.8 Å². The summed E-state index contributed by atoms with van der Waals surface area (Å²) in [6.07, 6.45) is 7.46. The minimum Gasteiger partial charge on any atom is -0.369 e. The predicted molar refractivity (Wildman–Crippen MR) is 161 cm³/mol. The number of fused-ring (bicyclic) bond motifs is 3. The lowest BCUT2D eigenvalue weighted by Crippen LogP contribution is -2.58. The van der Waals surface area contributed by atoms with Gasteiger partial charge in [0.05, 0.1) is 17.8 Å². The van der Waals surface area contributed by atoms with Crippen LogP contribution >= 0.6 is 0 Å².